The van der Waals surface area contributed by atoms with Crippen molar-refractivity contribution in [3.05, 3.63) is 23.3 Å². The summed E-state index contributed by atoms with van der Waals surface area (Å²) in [5.41, 5.74) is 3.22. The molecule has 0 heterocycles. The van der Waals surface area contributed by atoms with Crippen LogP contribution in [0, 0.1) is 6.08 Å². The van der Waals surface area contributed by atoms with Gasteiger partial charge in [-0.15, -0.1) is 0 Å². The van der Waals surface area contributed by atoms with Gasteiger partial charge in [0, 0.05) is 0 Å². The van der Waals surface area contributed by atoms with Crippen molar-refractivity contribution in [2.45, 2.75) is 123 Å². The van der Waals surface area contributed by atoms with Crippen LogP contribution in [0.2, 0.25) is 0 Å². The van der Waals surface area contributed by atoms with Gasteiger partial charge < -0.3 is 0 Å². The van der Waals surface area contributed by atoms with Gasteiger partial charge in [-0.25, -0.2) is 0 Å². The van der Waals surface area contributed by atoms with Gasteiger partial charge in [-0.05, 0) is 49.3 Å². The second kappa shape index (κ2) is 15.0. The lowest BCUT2D eigenvalue weighted by atomic mass is 9.97. The van der Waals surface area contributed by atoms with E-state index in [9.17, 15) is 0 Å². The molecule has 0 aromatic carbocycles. The van der Waals surface area contributed by atoms with Crippen molar-refractivity contribution in [3.8, 4) is 0 Å². The molecule has 1 rings (SSSR count). The quantitative estimate of drug-likeness (QED) is 0.251. The second-order valence-electron chi connectivity index (χ2n) is 7.33. The lowest BCUT2D eigenvalue weighted by Gasteiger charge is -2.09. The molecule has 0 atom stereocenters. The first-order chi connectivity index (χ1) is 11.4. The molecule has 0 saturated heterocycles. The molecule has 1 radical (unpaired) electrons. The molecule has 0 heteroatoms. The highest BCUT2D eigenvalue weighted by Gasteiger charge is 2.09. The van der Waals surface area contributed by atoms with Crippen LogP contribution >= 0.6 is 0 Å². The summed E-state index contributed by atoms with van der Waals surface area (Å²) in [5.74, 6) is 0. The standard InChI is InChI=1S/C23H41/c1-3-5-7-9-11-13-15-18-22-20-17-21-23(22)19-16-14-12-10-8-6-4-2/h20H,3-19H2,1-2H3. The average Bonchev–Trinajstić information content (AvgIpc) is 3.00. The van der Waals surface area contributed by atoms with Gasteiger partial charge in [0.1, 0.15) is 0 Å². The van der Waals surface area contributed by atoms with Crippen molar-refractivity contribution in [3.63, 3.8) is 0 Å². The van der Waals surface area contributed by atoms with Gasteiger partial charge in [0.05, 0.1) is 0 Å². The Hall–Kier alpha value is -0.520. The zero-order valence-corrected chi connectivity index (χ0v) is 16.1. The summed E-state index contributed by atoms with van der Waals surface area (Å²) < 4.78 is 0. The van der Waals surface area contributed by atoms with E-state index in [4.69, 9.17) is 0 Å². The van der Waals surface area contributed by atoms with Gasteiger partial charge in [0.2, 0.25) is 0 Å². The average molecular weight is 318 g/mol. The predicted octanol–water partition coefficient (Wildman–Crippen LogP) is 8.33. The Morgan fingerprint density at radius 3 is 1.70 bits per heavy atom. The minimum atomic E-state index is 1.08. The molecule has 23 heavy (non-hydrogen) atoms. The van der Waals surface area contributed by atoms with Crippen molar-refractivity contribution in [2.75, 3.05) is 0 Å². The number of allylic oxidation sites excluding steroid dienone is 4. The minimum absolute atomic E-state index is 1.08. The van der Waals surface area contributed by atoms with Crippen LogP contribution in [0.4, 0.5) is 0 Å². The topological polar surface area (TPSA) is 0 Å². The van der Waals surface area contributed by atoms with E-state index < -0.39 is 0 Å². The molecule has 0 N–H and O–H groups in total. The van der Waals surface area contributed by atoms with Crippen molar-refractivity contribution in [2.24, 2.45) is 0 Å². The Morgan fingerprint density at radius 1 is 0.652 bits per heavy atom. The van der Waals surface area contributed by atoms with Gasteiger partial charge in [-0.1, -0.05) is 97.0 Å². The van der Waals surface area contributed by atoms with Crippen LogP contribution in [0.5, 0.6) is 0 Å². The zero-order valence-electron chi connectivity index (χ0n) is 16.1. The van der Waals surface area contributed by atoms with Gasteiger partial charge in [-0.3, -0.25) is 0 Å². The molecule has 0 aromatic rings. The maximum atomic E-state index is 3.61. The lowest BCUT2D eigenvalue weighted by Crippen LogP contribution is -1.90. The van der Waals surface area contributed by atoms with Crippen LogP contribution < -0.4 is 0 Å². The van der Waals surface area contributed by atoms with E-state index in [2.05, 4.69) is 26.0 Å². The highest BCUT2D eigenvalue weighted by molar-refractivity contribution is 5.34. The molecular weight excluding hydrogens is 276 g/mol. The van der Waals surface area contributed by atoms with E-state index in [-0.39, 0.29) is 0 Å². The van der Waals surface area contributed by atoms with Crippen LogP contribution in [-0.4, -0.2) is 0 Å². The predicted molar refractivity (Wildman–Crippen MR) is 105 cm³/mol. The maximum absolute atomic E-state index is 3.61. The lowest BCUT2D eigenvalue weighted by molar-refractivity contribution is 0.582. The number of hydrogen-bond acceptors (Lipinski definition) is 0. The van der Waals surface area contributed by atoms with Crippen LogP contribution in [0.15, 0.2) is 17.2 Å². The molecule has 1 aliphatic carbocycles. The number of unbranched alkanes of at least 4 members (excludes halogenated alkanes) is 12. The fraction of sp³-hybridized carbons (Fsp3) is 0.826. The van der Waals surface area contributed by atoms with Crippen LogP contribution in [0.1, 0.15) is 123 Å². The Balaban J connectivity index is 1.99. The number of hydrogen-bond donors (Lipinski definition) is 0. The molecule has 0 spiro atoms. The molecular formula is C23H41. The summed E-state index contributed by atoms with van der Waals surface area (Å²) in [5, 5.41) is 0. The Kier molecular flexibility index (Phi) is 13.4. The maximum Gasteiger partial charge on any atom is -0.00857 e. The normalized spacial score (nSPS) is 14.2. The largest absolute Gasteiger partial charge is 0.0766 e. The van der Waals surface area contributed by atoms with Gasteiger partial charge >= 0.3 is 0 Å². The first kappa shape index (κ1) is 20.5. The highest BCUT2D eigenvalue weighted by atomic mass is 14.1. The Morgan fingerprint density at radius 2 is 1.13 bits per heavy atom. The molecule has 0 nitrogen and oxygen atoms in total. The molecule has 0 aliphatic heterocycles. The summed E-state index contributed by atoms with van der Waals surface area (Å²) in [6.07, 6.45) is 29.5. The van der Waals surface area contributed by atoms with Crippen LogP contribution in [-0.2, 0) is 0 Å². The van der Waals surface area contributed by atoms with Crippen molar-refractivity contribution < 1.29 is 0 Å². The molecule has 133 valence electrons. The monoisotopic (exact) mass is 317 g/mol. The number of rotatable bonds is 16. The first-order valence-electron chi connectivity index (χ1n) is 10.7. The highest BCUT2D eigenvalue weighted by Crippen LogP contribution is 2.28. The minimum Gasteiger partial charge on any atom is -0.0766 e. The van der Waals surface area contributed by atoms with Crippen LogP contribution in [0.25, 0.3) is 0 Å². The van der Waals surface area contributed by atoms with E-state index in [1.807, 2.05) is 0 Å². The smallest absolute Gasteiger partial charge is 0.00857 e. The molecule has 0 unspecified atom stereocenters. The third kappa shape index (κ3) is 10.8. The summed E-state index contributed by atoms with van der Waals surface area (Å²) in [6.45, 7) is 4.59. The SMILES string of the molecule is CCCCCCCCCC1=[C]CC=C1CCCCCCCCC. The molecule has 0 bridgehead atoms. The summed E-state index contributed by atoms with van der Waals surface area (Å²) in [6, 6.07) is 0. The third-order valence-electron chi connectivity index (χ3n) is 5.13. The fourth-order valence-corrected chi connectivity index (χ4v) is 3.57. The zero-order chi connectivity index (χ0) is 16.6. The molecule has 0 amide bonds. The fourth-order valence-electron chi connectivity index (χ4n) is 3.57. The van der Waals surface area contributed by atoms with Gasteiger partial charge in [0.15, 0.2) is 0 Å². The van der Waals surface area contributed by atoms with E-state index >= 15 is 0 Å². The summed E-state index contributed by atoms with van der Waals surface area (Å²) in [4.78, 5) is 0. The van der Waals surface area contributed by atoms with Crippen molar-refractivity contribution in [1.29, 1.82) is 0 Å². The Labute approximate surface area is 146 Å². The Bertz CT molecular complexity index is 289. The molecule has 0 saturated carbocycles. The van der Waals surface area contributed by atoms with Crippen molar-refractivity contribution >= 4 is 0 Å². The van der Waals surface area contributed by atoms with E-state index in [1.165, 1.54) is 103 Å². The van der Waals surface area contributed by atoms with Gasteiger partial charge in [-0.2, -0.15) is 0 Å². The van der Waals surface area contributed by atoms with Crippen LogP contribution in [0.3, 0.4) is 0 Å². The molecule has 0 fully saturated rings. The van der Waals surface area contributed by atoms with E-state index in [1.54, 1.807) is 11.1 Å². The first-order valence-corrected chi connectivity index (χ1v) is 10.7. The third-order valence-corrected chi connectivity index (χ3v) is 5.13. The van der Waals surface area contributed by atoms with E-state index in [0.29, 0.717) is 0 Å². The molecule has 0 aromatic heterocycles. The summed E-state index contributed by atoms with van der Waals surface area (Å²) in [7, 11) is 0. The molecule has 1 aliphatic rings. The second-order valence-corrected chi connectivity index (χ2v) is 7.33. The van der Waals surface area contributed by atoms with Gasteiger partial charge in [0.25, 0.3) is 0 Å². The van der Waals surface area contributed by atoms with Crippen molar-refractivity contribution in [1.82, 2.24) is 0 Å². The van der Waals surface area contributed by atoms with E-state index in [0.717, 1.165) is 6.42 Å². The summed E-state index contributed by atoms with van der Waals surface area (Å²) >= 11 is 0.